The lowest BCUT2D eigenvalue weighted by molar-refractivity contribution is 0.423. The summed E-state index contributed by atoms with van der Waals surface area (Å²) in [6.45, 7) is 5.53. The molecule has 0 aliphatic carbocycles. The predicted octanol–water partition coefficient (Wildman–Crippen LogP) is 2.17. The second-order valence-electron chi connectivity index (χ2n) is 4.66. The Morgan fingerprint density at radius 1 is 1.30 bits per heavy atom. The summed E-state index contributed by atoms with van der Waals surface area (Å²) >= 11 is 3.41. The SMILES string of the molecule is CCc1c(O)n(-c2c(C)cc(C)cc2Br)c(=O)[nH]c1=O. The Kier molecular flexibility index (Phi) is 3.85. The first kappa shape index (κ1) is 14.6. The van der Waals surface area contributed by atoms with Crippen LogP contribution in [0.5, 0.6) is 5.88 Å². The maximum Gasteiger partial charge on any atom is 0.335 e. The Morgan fingerprint density at radius 2 is 1.95 bits per heavy atom. The van der Waals surface area contributed by atoms with Gasteiger partial charge in [-0.05, 0) is 53.4 Å². The van der Waals surface area contributed by atoms with Crippen LogP contribution >= 0.6 is 15.9 Å². The number of aromatic nitrogens is 2. The minimum atomic E-state index is -0.655. The molecule has 0 aliphatic rings. The summed E-state index contributed by atoms with van der Waals surface area (Å²) in [6, 6.07) is 3.76. The second kappa shape index (κ2) is 5.28. The van der Waals surface area contributed by atoms with Crippen molar-refractivity contribution in [3.8, 4) is 11.6 Å². The number of hydrogen-bond donors (Lipinski definition) is 2. The fourth-order valence-corrected chi connectivity index (χ4v) is 3.13. The molecule has 6 heteroatoms. The number of hydrogen-bond acceptors (Lipinski definition) is 3. The third-order valence-corrected chi connectivity index (χ3v) is 3.76. The van der Waals surface area contributed by atoms with Crippen LogP contribution in [0, 0.1) is 13.8 Å². The maximum absolute atomic E-state index is 12.0. The smallest absolute Gasteiger partial charge is 0.335 e. The molecule has 20 heavy (non-hydrogen) atoms. The fraction of sp³-hybridized carbons (Fsp3) is 0.286. The standard InChI is InChI=1S/C14H15BrN2O3/c1-4-9-12(18)16-14(20)17(13(9)19)11-8(3)5-7(2)6-10(11)15/h5-6,19H,4H2,1-3H3,(H,16,18,20). The van der Waals surface area contributed by atoms with Gasteiger partial charge in [0, 0.05) is 4.47 Å². The van der Waals surface area contributed by atoms with Gasteiger partial charge in [0.05, 0.1) is 11.3 Å². The van der Waals surface area contributed by atoms with Crippen LogP contribution in [-0.2, 0) is 6.42 Å². The number of aromatic amines is 1. The number of rotatable bonds is 2. The largest absolute Gasteiger partial charge is 0.494 e. The summed E-state index contributed by atoms with van der Waals surface area (Å²) in [5.41, 5.74) is 1.37. The van der Waals surface area contributed by atoms with Crippen LogP contribution in [0.2, 0.25) is 0 Å². The summed E-state index contributed by atoms with van der Waals surface area (Å²) in [7, 11) is 0. The number of halogens is 1. The molecule has 0 saturated heterocycles. The first-order valence-electron chi connectivity index (χ1n) is 6.21. The topological polar surface area (TPSA) is 75.1 Å². The number of aromatic hydroxyl groups is 1. The molecule has 0 atom stereocenters. The molecule has 2 aromatic rings. The van der Waals surface area contributed by atoms with Crippen molar-refractivity contribution in [2.75, 3.05) is 0 Å². The molecule has 0 unspecified atom stereocenters. The van der Waals surface area contributed by atoms with E-state index in [2.05, 4.69) is 20.9 Å². The Balaban J connectivity index is 2.91. The van der Waals surface area contributed by atoms with E-state index in [1.54, 1.807) is 6.92 Å². The number of benzene rings is 1. The van der Waals surface area contributed by atoms with Crippen molar-refractivity contribution in [2.24, 2.45) is 0 Å². The van der Waals surface area contributed by atoms with Crippen LogP contribution in [0.3, 0.4) is 0 Å². The van der Waals surface area contributed by atoms with Crippen LogP contribution in [0.1, 0.15) is 23.6 Å². The Labute approximate surface area is 124 Å². The Bertz CT molecular complexity index is 767. The van der Waals surface area contributed by atoms with Gasteiger partial charge in [-0.15, -0.1) is 0 Å². The van der Waals surface area contributed by atoms with E-state index in [0.29, 0.717) is 16.6 Å². The molecule has 0 fully saturated rings. The van der Waals surface area contributed by atoms with Gasteiger partial charge < -0.3 is 5.11 Å². The molecule has 0 radical (unpaired) electrons. The highest BCUT2D eigenvalue weighted by molar-refractivity contribution is 9.10. The molecular weight excluding hydrogens is 324 g/mol. The molecular formula is C14H15BrN2O3. The lowest BCUT2D eigenvalue weighted by Crippen LogP contribution is -2.31. The van der Waals surface area contributed by atoms with Crippen LogP contribution in [0.15, 0.2) is 26.2 Å². The number of aryl methyl sites for hydroxylation is 2. The molecule has 0 aliphatic heterocycles. The fourth-order valence-electron chi connectivity index (χ4n) is 2.28. The van der Waals surface area contributed by atoms with E-state index in [0.717, 1.165) is 15.7 Å². The van der Waals surface area contributed by atoms with Crippen LogP contribution in [-0.4, -0.2) is 14.7 Å². The van der Waals surface area contributed by atoms with E-state index in [1.807, 2.05) is 26.0 Å². The zero-order valence-electron chi connectivity index (χ0n) is 11.5. The van der Waals surface area contributed by atoms with Crippen molar-refractivity contribution in [3.05, 3.63) is 54.1 Å². The molecule has 1 aromatic heterocycles. The van der Waals surface area contributed by atoms with E-state index in [4.69, 9.17) is 0 Å². The van der Waals surface area contributed by atoms with Gasteiger partial charge in [-0.3, -0.25) is 9.78 Å². The predicted molar refractivity (Wildman–Crippen MR) is 80.9 cm³/mol. The molecule has 0 saturated carbocycles. The summed E-state index contributed by atoms with van der Waals surface area (Å²) in [5, 5.41) is 10.2. The van der Waals surface area contributed by atoms with E-state index >= 15 is 0 Å². The van der Waals surface area contributed by atoms with Crippen molar-refractivity contribution in [2.45, 2.75) is 27.2 Å². The van der Waals surface area contributed by atoms with Gasteiger partial charge in [0.2, 0.25) is 5.88 Å². The summed E-state index contributed by atoms with van der Waals surface area (Å²) in [6.07, 6.45) is 0.337. The second-order valence-corrected chi connectivity index (χ2v) is 5.52. The zero-order chi connectivity index (χ0) is 15.0. The van der Waals surface area contributed by atoms with Crippen molar-refractivity contribution in [1.82, 2.24) is 9.55 Å². The third kappa shape index (κ3) is 2.31. The normalized spacial score (nSPS) is 10.8. The number of H-pyrrole nitrogens is 1. The van der Waals surface area contributed by atoms with Crippen molar-refractivity contribution in [3.63, 3.8) is 0 Å². The summed E-state index contributed by atoms with van der Waals surface area (Å²) in [5.74, 6) is -0.311. The molecule has 0 spiro atoms. The van der Waals surface area contributed by atoms with Gasteiger partial charge in [0.1, 0.15) is 0 Å². The first-order chi connectivity index (χ1) is 9.36. The van der Waals surface area contributed by atoms with Gasteiger partial charge in [-0.25, -0.2) is 9.36 Å². The lowest BCUT2D eigenvalue weighted by atomic mass is 10.1. The molecule has 1 aromatic carbocycles. The third-order valence-electron chi connectivity index (χ3n) is 3.15. The summed E-state index contributed by atoms with van der Waals surface area (Å²) < 4.78 is 1.81. The Hall–Kier alpha value is -1.82. The van der Waals surface area contributed by atoms with Crippen molar-refractivity contribution in [1.29, 1.82) is 0 Å². The van der Waals surface area contributed by atoms with Gasteiger partial charge in [0.15, 0.2) is 0 Å². The van der Waals surface area contributed by atoms with Crippen molar-refractivity contribution >= 4 is 15.9 Å². The van der Waals surface area contributed by atoms with E-state index in [1.165, 1.54) is 0 Å². The molecule has 0 bridgehead atoms. The molecule has 0 amide bonds. The number of nitrogens with zero attached hydrogens (tertiary/aromatic N) is 1. The van der Waals surface area contributed by atoms with Crippen LogP contribution in [0.25, 0.3) is 5.69 Å². The van der Waals surface area contributed by atoms with Gasteiger partial charge >= 0.3 is 5.69 Å². The highest BCUT2D eigenvalue weighted by Crippen LogP contribution is 2.28. The maximum atomic E-state index is 12.0. The molecule has 5 nitrogen and oxygen atoms in total. The van der Waals surface area contributed by atoms with Crippen molar-refractivity contribution < 1.29 is 5.11 Å². The van der Waals surface area contributed by atoms with Gasteiger partial charge in [0.25, 0.3) is 5.56 Å². The minimum Gasteiger partial charge on any atom is -0.494 e. The van der Waals surface area contributed by atoms with E-state index < -0.39 is 11.2 Å². The van der Waals surface area contributed by atoms with Gasteiger partial charge in [-0.1, -0.05) is 13.0 Å². The molecule has 2 N–H and O–H groups in total. The molecule has 106 valence electrons. The lowest BCUT2D eigenvalue weighted by Gasteiger charge is -2.15. The average molecular weight is 339 g/mol. The average Bonchev–Trinajstić information content (AvgIpc) is 2.32. The monoisotopic (exact) mass is 338 g/mol. The molecule has 1 heterocycles. The zero-order valence-corrected chi connectivity index (χ0v) is 13.0. The van der Waals surface area contributed by atoms with E-state index in [-0.39, 0.29) is 11.4 Å². The quantitative estimate of drug-likeness (QED) is 0.881. The first-order valence-corrected chi connectivity index (χ1v) is 7.00. The number of nitrogens with one attached hydrogen (secondary N) is 1. The Morgan fingerprint density at radius 3 is 2.50 bits per heavy atom. The minimum absolute atomic E-state index is 0.191. The molecule has 2 rings (SSSR count). The highest BCUT2D eigenvalue weighted by atomic mass is 79.9. The van der Waals surface area contributed by atoms with E-state index in [9.17, 15) is 14.7 Å². The van der Waals surface area contributed by atoms with Gasteiger partial charge in [-0.2, -0.15) is 0 Å². The van der Waals surface area contributed by atoms with Crippen LogP contribution in [0.4, 0.5) is 0 Å². The highest BCUT2D eigenvalue weighted by Gasteiger charge is 2.17. The summed E-state index contributed by atoms with van der Waals surface area (Å²) in [4.78, 5) is 25.9. The van der Waals surface area contributed by atoms with Crippen LogP contribution < -0.4 is 11.2 Å².